The minimum absolute atomic E-state index is 0.00477. The highest BCUT2D eigenvalue weighted by Crippen LogP contribution is 2.33. The molecule has 0 bridgehead atoms. The molecule has 1 aliphatic heterocycles. The molecule has 1 aromatic heterocycles. The van der Waals surface area contributed by atoms with Gasteiger partial charge in [0.15, 0.2) is 6.61 Å². The molecule has 1 fully saturated rings. The average Bonchev–Trinajstić information content (AvgIpc) is 3.17. The third-order valence-corrected chi connectivity index (χ3v) is 5.68. The van der Waals surface area contributed by atoms with Gasteiger partial charge >= 0.3 is 0 Å². The van der Waals surface area contributed by atoms with Gasteiger partial charge in [0.1, 0.15) is 16.4 Å². The summed E-state index contributed by atoms with van der Waals surface area (Å²) < 4.78 is 5.53. The zero-order valence-corrected chi connectivity index (χ0v) is 16.8. The maximum absolute atomic E-state index is 12.4. The largest absolute Gasteiger partial charge is 0.484 e. The Hall–Kier alpha value is -2.40. The summed E-state index contributed by atoms with van der Waals surface area (Å²) in [6.07, 6.45) is 6.26. The number of aromatic nitrogens is 1. The van der Waals surface area contributed by atoms with Crippen LogP contribution in [0.15, 0.2) is 35.7 Å². The molecule has 0 saturated carbocycles. The van der Waals surface area contributed by atoms with Gasteiger partial charge in [0.05, 0.1) is 18.8 Å². The second-order valence-electron chi connectivity index (χ2n) is 7.02. The van der Waals surface area contributed by atoms with E-state index in [0.29, 0.717) is 50.5 Å². The summed E-state index contributed by atoms with van der Waals surface area (Å²) in [5.41, 5.74) is -0.300. The standard InChI is InChI=1S/C21H25N3O3S/c1-3-11-23(2)14-19-22-18(16-28-19)21(26)9-12-24(13-10-21)20(25)15-27-17-7-5-4-6-8-17/h1,4-8,16,26H,9-15H2,2H3. The minimum atomic E-state index is -0.990. The van der Waals surface area contributed by atoms with Crippen molar-refractivity contribution in [2.45, 2.75) is 25.0 Å². The maximum atomic E-state index is 12.4. The molecule has 0 atom stereocenters. The molecule has 28 heavy (non-hydrogen) atoms. The molecule has 2 heterocycles. The number of ether oxygens (including phenoxy) is 1. The van der Waals surface area contributed by atoms with Crippen LogP contribution >= 0.6 is 11.3 Å². The van der Waals surface area contributed by atoms with Gasteiger partial charge in [0.25, 0.3) is 5.91 Å². The van der Waals surface area contributed by atoms with E-state index in [1.165, 1.54) is 11.3 Å². The maximum Gasteiger partial charge on any atom is 0.260 e. The molecule has 0 unspecified atom stereocenters. The van der Waals surface area contributed by atoms with Crippen molar-refractivity contribution in [3.63, 3.8) is 0 Å². The van der Waals surface area contributed by atoms with Crippen LogP contribution in [0.2, 0.25) is 0 Å². The van der Waals surface area contributed by atoms with E-state index in [0.717, 1.165) is 5.01 Å². The number of piperidine rings is 1. The molecule has 0 radical (unpaired) electrons. The van der Waals surface area contributed by atoms with Gasteiger partial charge in [-0.1, -0.05) is 24.1 Å². The Balaban J connectivity index is 1.51. The second kappa shape index (κ2) is 9.20. The normalized spacial score (nSPS) is 16.0. The van der Waals surface area contributed by atoms with Crippen LogP contribution in [-0.4, -0.2) is 59.1 Å². The van der Waals surface area contributed by atoms with Crippen LogP contribution in [0.3, 0.4) is 0 Å². The van der Waals surface area contributed by atoms with Gasteiger partial charge < -0.3 is 14.7 Å². The van der Waals surface area contributed by atoms with E-state index in [-0.39, 0.29) is 12.5 Å². The van der Waals surface area contributed by atoms with Crippen molar-refractivity contribution < 1.29 is 14.6 Å². The van der Waals surface area contributed by atoms with Crippen molar-refractivity contribution >= 4 is 17.2 Å². The van der Waals surface area contributed by atoms with Crippen LogP contribution in [0, 0.1) is 12.3 Å². The fraction of sp³-hybridized carbons (Fsp3) is 0.429. The number of carbonyl (C=O) groups excluding carboxylic acids is 1. The zero-order valence-electron chi connectivity index (χ0n) is 16.0. The molecule has 1 saturated heterocycles. The number of nitrogens with zero attached hydrogens (tertiary/aromatic N) is 3. The Morgan fingerprint density at radius 2 is 2.11 bits per heavy atom. The Labute approximate surface area is 169 Å². The highest BCUT2D eigenvalue weighted by Gasteiger charge is 2.37. The van der Waals surface area contributed by atoms with Gasteiger partial charge in [0.2, 0.25) is 0 Å². The lowest BCUT2D eigenvalue weighted by Crippen LogP contribution is -2.46. The fourth-order valence-electron chi connectivity index (χ4n) is 3.18. The lowest BCUT2D eigenvalue weighted by atomic mass is 9.89. The monoisotopic (exact) mass is 399 g/mol. The lowest BCUT2D eigenvalue weighted by Gasteiger charge is -2.37. The number of likely N-dealkylation sites (tertiary alicyclic amines) is 1. The van der Waals surface area contributed by atoms with E-state index < -0.39 is 5.60 Å². The molecule has 3 rings (SSSR count). The first kappa shape index (κ1) is 20.3. The second-order valence-corrected chi connectivity index (χ2v) is 7.96. The summed E-state index contributed by atoms with van der Waals surface area (Å²) in [4.78, 5) is 20.7. The number of hydrogen-bond donors (Lipinski definition) is 1. The predicted octanol–water partition coefficient (Wildman–Crippen LogP) is 2.10. The SMILES string of the molecule is C#CCN(C)Cc1nc(C2(O)CCN(C(=O)COc3ccccc3)CC2)cs1. The van der Waals surface area contributed by atoms with Gasteiger partial charge in [0, 0.05) is 18.5 Å². The lowest BCUT2D eigenvalue weighted by molar-refractivity contribution is -0.138. The molecular formula is C21H25N3O3S. The van der Waals surface area contributed by atoms with Crippen LogP contribution in [0.1, 0.15) is 23.5 Å². The molecular weight excluding hydrogens is 374 g/mol. The number of aliphatic hydroxyl groups is 1. The van der Waals surface area contributed by atoms with Crippen molar-refractivity contribution in [3.05, 3.63) is 46.4 Å². The number of benzene rings is 1. The fourth-order valence-corrected chi connectivity index (χ4v) is 4.14. The Morgan fingerprint density at radius 3 is 2.79 bits per heavy atom. The van der Waals surface area contributed by atoms with E-state index in [1.54, 1.807) is 4.90 Å². The Morgan fingerprint density at radius 1 is 1.39 bits per heavy atom. The average molecular weight is 400 g/mol. The molecule has 1 aromatic carbocycles. The predicted molar refractivity (Wildman–Crippen MR) is 109 cm³/mol. The molecule has 148 valence electrons. The van der Waals surface area contributed by atoms with Crippen molar-refractivity contribution in [1.29, 1.82) is 0 Å². The molecule has 1 N–H and O–H groups in total. The van der Waals surface area contributed by atoms with E-state index >= 15 is 0 Å². The van der Waals surface area contributed by atoms with Crippen LogP contribution in [-0.2, 0) is 16.9 Å². The van der Waals surface area contributed by atoms with Gasteiger partial charge in [-0.05, 0) is 32.0 Å². The van der Waals surface area contributed by atoms with Crippen LogP contribution in [0.5, 0.6) is 5.75 Å². The van der Waals surface area contributed by atoms with E-state index in [2.05, 4.69) is 10.9 Å². The summed E-state index contributed by atoms with van der Waals surface area (Å²) in [6, 6.07) is 9.28. The number of thiazole rings is 1. The Kier molecular flexibility index (Phi) is 6.68. The molecule has 6 nitrogen and oxygen atoms in total. The van der Waals surface area contributed by atoms with Crippen molar-refractivity contribution in [2.75, 3.05) is 33.3 Å². The molecule has 2 aromatic rings. The van der Waals surface area contributed by atoms with E-state index in [9.17, 15) is 9.90 Å². The molecule has 1 aliphatic rings. The van der Waals surface area contributed by atoms with E-state index in [4.69, 9.17) is 11.2 Å². The van der Waals surface area contributed by atoms with Crippen LogP contribution in [0.4, 0.5) is 0 Å². The molecule has 0 aliphatic carbocycles. The number of terminal acetylenes is 1. The summed E-state index contributed by atoms with van der Waals surface area (Å²) in [5.74, 6) is 3.21. The zero-order chi connectivity index (χ0) is 20.0. The molecule has 7 heteroatoms. The van der Waals surface area contributed by atoms with Crippen molar-refractivity contribution in [1.82, 2.24) is 14.8 Å². The van der Waals surface area contributed by atoms with Gasteiger partial charge in [-0.2, -0.15) is 0 Å². The first-order valence-corrected chi connectivity index (χ1v) is 10.1. The third-order valence-electron chi connectivity index (χ3n) is 4.84. The first-order chi connectivity index (χ1) is 13.5. The third kappa shape index (κ3) is 5.10. The summed E-state index contributed by atoms with van der Waals surface area (Å²) in [5, 5.41) is 13.9. The summed E-state index contributed by atoms with van der Waals surface area (Å²) in [7, 11) is 1.94. The Bertz CT molecular complexity index is 823. The van der Waals surface area contributed by atoms with Gasteiger partial charge in [-0.3, -0.25) is 9.69 Å². The minimum Gasteiger partial charge on any atom is -0.484 e. The number of amides is 1. The van der Waals surface area contributed by atoms with Crippen LogP contribution < -0.4 is 4.74 Å². The summed E-state index contributed by atoms with van der Waals surface area (Å²) in [6.45, 7) is 2.19. The van der Waals surface area contributed by atoms with Gasteiger partial charge in [-0.15, -0.1) is 17.8 Å². The number of carbonyl (C=O) groups is 1. The van der Waals surface area contributed by atoms with Crippen molar-refractivity contribution in [2.24, 2.45) is 0 Å². The number of hydrogen-bond acceptors (Lipinski definition) is 6. The highest BCUT2D eigenvalue weighted by atomic mass is 32.1. The number of rotatable bonds is 7. The number of para-hydroxylation sites is 1. The highest BCUT2D eigenvalue weighted by molar-refractivity contribution is 7.09. The van der Waals surface area contributed by atoms with Crippen molar-refractivity contribution in [3.8, 4) is 18.1 Å². The van der Waals surface area contributed by atoms with Crippen LogP contribution in [0.25, 0.3) is 0 Å². The smallest absolute Gasteiger partial charge is 0.260 e. The summed E-state index contributed by atoms with van der Waals surface area (Å²) >= 11 is 1.53. The quantitative estimate of drug-likeness (QED) is 0.723. The first-order valence-electron chi connectivity index (χ1n) is 9.25. The molecule has 0 spiro atoms. The molecule has 1 amide bonds. The topological polar surface area (TPSA) is 65.9 Å². The van der Waals surface area contributed by atoms with E-state index in [1.807, 2.05) is 47.7 Å². The van der Waals surface area contributed by atoms with Gasteiger partial charge in [-0.25, -0.2) is 4.98 Å².